The van der Waals surface area contributed by atoms with Crippen LogP contribution in [0.4, 0.5) is 20.6 Å². The summed E-state index contributed by atoms with van der Waals surface area (Å²) < 4.78 is 14.1. The summed E-state index contributed by atoms with van der Waals surface area (Å²) in [5.41, 5.74) is 1.27. The Morgan fingerprint density at radius 3 is 2.56 bits per heavy atom. The Hall–Kier alpha value is -2.64. The topological polar surface area (TPSA) is 108 Å². The molecule has 1 aliphatic carbocycles. The van der Waals surface area contributed by atoms with Gasteiger partial charge in [-0.3, -0.25) is 9.59 Å². The Balaban J connectivity index is 1.58. The number of anilines is 2. The number of carbonyl (C=O) groups is 3. The van der Waals surface area contributed by atoms with Gasteiger partial charge in [-0.1, -0.05) is 0 Å². The predicted molar refractivity (Wildman–Crippen MR) is 88.9 cm³/mol. The number of amides is 3. The molecule has 8 heteroatoms. The number of benzene rings is 1. The fourth-order valence-electron chi connectivity index (χ4n) is 3.33. The number of aryl methyl sites for hydroxylation is 1. The second-order valence-corrected chi connectivity index (χ2v) is 6.52. The van der Waals surface area contributed by atoms with Crippen molar-refractivity contribution >= 4 is 29.3 Å². The summed E-state index contributed by atoms with van der Waals surface area (Å²) in [4.78, 5) is 34.4. The van der Waals surface area contributed by atoms with Gasteiger partial charge in [0.1, 0.15) is 5.82 Å². The van der Waals surface area contributed by atoms with Gasteiger partial charge < -0.3 is 21.1 Å². The lowest BCUT2D eigenvalue weighted by Gasteiger charge is -2.27. The zero-order chi connectivity index (χ0) is 18.0. The van der Waals surface area contributed by atoms with Crippen LogP contribution in [0.3, 0.4) is 0 Å². The van der Waals surface area contributed by atoms with E-state index in [4.69, 9.17) is 5.11 Å². The maximum atomic E-state index is 14.1. The normalized spacial score (nSPS) is 22.5. The van der Waals surface area contributed by atoms with Crippen molar-refractivity contribution < 1.29 is 23.9 Å². The molecule has 4 N–H and O–H groups in total. The fourth-order valence-corrected chi connectivity index (χ4v) is 3.33. The highest BCUT2D eigenvalue weighted by atomic mass is 19.1. The minimum Gasteiger partial charge on any atom is -0.481 e. The van der Waals surface area contributed by atoms with Crippen LogP contribution in [0.5, 0.6) is 0 Å². The minimum atomic E-state index is -0.800. The molecule has 1 aromatic carbocycles. The molecule has 0 bridgehead atoms. The monoisotopic (exact) mass is 349 g/mol. The first-order valence-electron chi connectivity index (χ1n) is 8.35. The standard InChI is InChI=1S/C17H20FN3O4/c18-12-8-13-10(3-6-15(22)20-13)7-14(12)21-17(25)19-11-4-1-9(2-5-11)16(23)24/h7-9,11H,1-6H2,(H,20,22)(H,23,24)(H2,19,21,25). The molecule has 1 heterocycles. The third-order valence-electron chi connectivity index (χ3n) is 4.75. The van der Waals surface area contributed by atoms with Crippen LogP contribution < -0.4 is 16.0 Å². The van der Waals surface area contributed by atoms with Gasteiger partial charge in [0.15, 0.2) is 0 Å². The van der Waals surface area contributed by atoms with Crippen molar-refractivity contribution in [3.63, 3.8) is 0 Å². The summed E-state index contributed by atoms with van der Waals surface area (Å²) >= 11 is 0. The number of fused-ring (bicyclic) bond motifs is 1. The molecule has 7 nitrogen and oxygen atoms in total. The Bertz CT molecular complexity index is 714. The van der Waals surface area contributed by atoms with E-state index in [1.165, 1.54) is 12.1 Å². The van der Waals surface area contributed by atoms with Gasteiger partial charge in [-0.25, -0.2) is 9.18 Å². The van der Waals surface area contributed by atoms with E-state index in [1.54, 1.807) is 0 Å². The number of halogens is 1. The SMILES string of the molecule is O=C1CCc2cc(NC(=O)NC3CCC(C(=O)O)CC3)c(F)cc2N1. The smallest absolute Gasteiger partial charge is 0.319 e. The van der Waals surface area contributed by atoms with Crippen LogP contribution in [0, 0.1) is 11.7 Å². The van der Waals surface area contributed by atoms with Gasteiger partial charge in [0.2, 0.25) is 5.91 Å². The first-order valence-corrected chi connectivity index (χ1v) is 8.35. The van der Waals surface area contributed by atoms with Crippen LogP contribution in [-0.2, 0) is 16.0 Å². The molecule has 0 atom stereocenters. The lowest BCUT2D eigenvalue weighted by atomic mass is 9.86. The molecule has 134 valence electrons. The van der Waals surface area contributed by atoms with E-state index in [0.717, 1.165) is 5.56 Å². The van der Waals surface area contributed by atoms with Gasteiger partial charge in [-0.2, -0.15) is 0 Å². The summed E-state index contributed by atoms with van der Waals surface area (Å²) in [6, 6.07) is 2.11. The number of nitrogens with one attached hydrogen (secondary N) is 3. The molecule has 0 radical (unpaired) electrons. The molecule has 3 rings (SSSR count). The lowest BCUT2D eigenvalue weighted by molar-refractivity contribution is -0.142. The van der Waals surface area contributed by atoms with Crippen molar-refractivity contribution in [3.8, 4) is 0 Å². The highest BCUT2D eigenvalue weighted by Gasteiger charge is 2.27. The maximum Gasteiger partial charge on any atom is 0.319 e. The predicted octanol–water partition coefficient (Wildman–Crippen LogP) is 2.48. The van der Waals surface area contributed by atoms with E-state index < -0.39 is 17.8 Å². The first-order chi connectivity index (χ1) is 11.9. The maximum absolute atomic E-state index is 14.1. The molecule has 25 heavy (non-hydrogen) atoms. The highest BCUT2D eigenvalue weighted by Crippen LogP contribution is 2.29. The van der Waals surface area contributed by atoms with E-state index in [9.17, 15) is 18.8 Å². The second-order valence-electron chi connectivity index (χ2n) is 6.52. The van der Waals surface area contributed by atoms with Crippen molar-refractivity contribution in [3.05, 3.63) is 23.5 Å². The van der Waals surface area contributed by atoms with Crippen molar-refractivity contribution in [2.75, 3.05) is 10.6 Å². The van der Waals surface area contributed by atoms with Crippen molar-refractivity contribution in [1.82, 2.24) is 5.32 Å². The first kappa shape index (κ1) is 17.2. The van der Waals surface area contributed by atoms with Gasteiger partial charge in [0, 0.05) is 18.2 Å². The molecule has 0 unspecified atom stereocenters. The molecule has 1 aliphatic heterocycles. The number of hydrogen-bond donors (Lipinski definition) is 4. The highest BCUT2D eigenvalue weighted by molar-refractivity contribution is 5.95. The second kappa shape index (κ2) is 7.08. The Morgan fingerprint density at radius 1 is 1.16 bits per heavy atom. The zero-order valence-electron chi connectivity index (χ0n) is 13.6. The number of carboxylic acids is 1. The van der Waals surface area contributed by atoms with Gasteiger partial charge in [0.25, 0.3) is 0 Å². The molecule has 0 saturated heterocycles. The van der Waals surface area contributed by atoms with Crippen LogP contribution in [0.25, 0.3) is 0 Å². The van der Waals surface area contributed by atoms with Gasteiger partial charge in [-0.15, -0.1) is 0 Å². The van der Waals surface area contributed by atoms with Gasteiger partial charge in [-0.05, 0) is 49.8 Å². The van der Waals surface area contributed by atoms with Crippen molar-refractivity contribution in [2.45, 2.75) is 44.6 Å². The number of carbonyl (C=O) groups excluding carboxylic acids is 2. The third kappa shape index (κ3) is 4.07. The number of urea groups is 1. The molecule has 1 aromatic rings. The molecular weight excluding hydrogens is 329 g/mol. The molecule has 0 spiro atoms. The summed E-state index contributed by atoms with van der Waals surface area (Å²) in [7, 11) is 0. The fraction of sp³-hybridized carbons (Fsp3) is 0.471. The Morgan fingerprint density at radius 2 is 1.88 bits per heavy atom. The molecule has 2 aliphatic rings. The van der Waals surface area contributed by atoms with Crippen LogP contribution in [-0.4, -0.2) is 29.1 Å². The van der Waals surface area contributed by atoms with E-state index in [0.29, 0.717) is 44.2 Å². The van der Waals surface area contributed by atoms with Crippen LogP contribution >= 0.6 is 0 Å². The van der Waals surface area contributed by atoms with Gasteiger partial charge >= 0.3 is 12.0 Å². The number of hydrogen-bond acceptors (Lipinski definition) is 3. The van der Waals surface area contributed by atoms with Crippen molar-refractivity contribution in [1.29, 1.82) is 0 Å². The average molecular weight is 349 g/mol. The summed E-state index contributed by atoms with van der Waals surface area (Å²) in [5, 5.41) is 16.8. The third-order valence-corrected chi connectivity index (χ3v) is 4.75. The quantitative estimate of drug-likeness (QED) is 0.672. The molecule has 0 aromatic heterocycles. The number of aliphatic carboxylic acids is 1. The summed E-state index contributed by atoms with van der Waals surface area (Å²) in [6.07, 6.45) is 3.04. The van der Waals surface area contributed by atoms with Crippen LogP contribution in [0.2, 0.25) is 0 Å². The van der Waals surface area contributed by atoms with Crippen LogP contribution in [0.15, 0.2) is 12.1 Å². The average Bonchev–Trinajstić information content (AvgIpc) is 2.56. The minimum absolute atomic E-state index is 0.0617. The molecular formula is C17H20FN3O4. The zero-order valence-corrected chi connectivity index (χ0v) is 13.6. The summed E-state index contributed by atoms with van der Waals surface area (Å²) in [5.74, 6) is -1.92. The Kier molecular flexibility index (Phi) is 4.87. The van der Waals surface area contributed by atoms with E-state index in [-0.39, 0.29) is 23.6 Å². The molecule has 1 saturated carbocycles. The summed E-state index contributed by atoms with van der Waals surface area (Å²) in [6.45, 7) is 0. The lowest BCUT2D eigenvalue weighted by Crippen LogP contribution is -2.41. The van der Waals surface area contributed by atoms with Crippen LogP contribution in [0.1, 0.15) is 37.7 Å². The van der Waals surface area contributed by atoms with E-state index in [1.807, 2.05) is 0 Å². The van der Waals surface area contributed by atoms with Gasteiger partial charge in [0.05, 0.1) is 11.6 Å². The largest absolute Gasteiger partial charge is 0.481 e. The number of rotatable bonds is 3. The van der Waals surface area contributed by atoms with E-state index >= 15 is 0 Å². The Labute approximate surface area is 144 Å². The van der Waals surface area contributed by atoms with E-state index in [2.05, 4.69) is 16.0 Å². The number of carboxylic acid groups (broad SMARTS) is 1. The molecule has 1 fully saturated rings. The molecule has 3 amide bonds. The van der Waals surface area contributed by atoms with Crippen molar-refractivity contribution in [2.24, 2.45) is 5.92 Å².